The van der Waals surface area contributed by atoms with Crippen LogP contribution < -0.4 is 0 Å². The molecule has 0 aliphatic carbocycles. The number of aliphatic hydroxyl groups is 1. The molecule has 0 aromatic carbocycles. The third-order valence-electron chi connectivity index (χ3n) is 2.12. The summed E-state index contributed by atoms with van der Waals surface area (Å²) in [7, 11) is 0. The Hall–Kier alpha value is 0.0300. The minimum atomic E-state index is -1.91. The maximum atomic E-state index is 10.5. The molecule has 1 aliphatic heterocycles. The fourth-order valence-corrected chi connectivity index (χ4v) is 1.94. The fraction of sp³-hybridized carbons (Fsp3) is 1.00. The van der Waals surface area contributed by atoms with Gasteiger partial charge in [0.25, 0.3) is 0 Å². The molecule has 0 bridgehead atoms. The predicted molar refractivity (Wildman–Crippen MR) is 42.1 cm³/mol. The van der Waals surface area contributed by atoms with Crippen molar-refractivity contribution in [1.82, 2.24) is 4.31 Å². The average Bonchev–Trinajstić information content (AvgIpc) is 2.31. The number of rotatable bonds is 2. The Bertz CT molecular complexity index is 164. The predicted octanol–water partition coefficient (Wildman–Crippen LogP) is -0.174. The average molecular weight is 179 g/mol. The summed E-state index contributed by atoms with van der Waals surface area (Å²) in [5, 5.41) is 9.32. The monoisotopic (exact) mass is 179 g/mol. The first-order chi connectivity index (χ1) is 5.15. The van der Waals surface area contributed by atoms with E-state index in [9.17, 15) is 9.32 Å². The molecule has 1 saturated heterocycles. The minimum Gasteiger partial charge on any atom is -0.391 e. The van der Waals surface area contributed by atoms with Gasteiger partial charge in [0.1, 0.15) is 0 Å². The molecule has 0 saturated carbocycles. The lowest BCUT2D eigenvalue weighted by Crippen LogP contribution is -2.23. The highest BCUT2D eigenvalue weighted by Crippen LogP contribution is 2.20. The smallest absolute Gasteiger partial charge is 0.234 e. The topological polar surface area (TPSA) is 60.8 Å². The summed E-state index contributed by atoms with van der Waals surface area (Å²) >= 11 is -1.91. The van der Waals surface area contributed by atoms with Gasteiger partial charge in [-0.2, -0.15) is 4.31 Å². The van der Waals surface area contributed by atoms with Crippen LogP contribution >= 0.6 is 0 Å². The van der Waals surface area contributed by atoms with Crippen LogP contribution in [0.1, 0.15) is 13.3 Å². The second-order valence-corrected chi connectivity index (χ2v) is 3.79. The molecule has 3 unspecified atom stereocenters. The van der Waals surface area contributed by atoms with Crippen molar-refractivity contribution in [1.29, 1.82) is 0 Å². The van der Waals surface area contributed by atoms with E-state index in [0.29, 0.717) is 13.1 Å². The maximum absolute atomic E-state index is 10.5. The van der Waals surface area contributed by atoms with Crippen LogP contribution in [0.25, 0.3) is 0 Å². The van der Waals surface area contributed by atoms with Crippen LogP contribution in [0.5, 0.6) is 0 Å². The summed E-state index contributed by atoms with van der Waals surface area (Å²) in [4.78, 5) is 0. The normalized spacial score (nSPS) is 35.9. The standard InChI is InChI=1S/C6H13NO3S/c1-2-5-3-7(11(9)10)4-6(5)8/h5-6,8H,2-4H2,1H3,(H,9,10). The molecule has 1 fully saturated rings. The molecular formula is C6H13NO3S. The second kappa shape index (κ2) is 3.62. The first-order valence-electron chi connectivity index (χ1n) is 3.69. The Kier molecular flexibility index (Phi) is 3.00. The van der Waals surface area contributed by atoms with Crippen molar-refractivity contribution in [3.8, 4) is 0 Å². The molecule has 0 aromatic rings. The Morgan fingerprint density at radius 3 is 2.55 bits per heavy atom. The van der Waals surface area contributed by atoms with Crippen molar-refractivity contribution in [2.24, 2.45) is 5.92 Å². The maximum Gasteiger partial charge on any atom is 0.234 e. The molecule has 1 rings (SSSR count). The van der Waals surface area contributed by atoms with Crippen molar-refractivity contribution in [2.75, 3.05) is 13.1 Å². The lowest BCUT2D eigenvalue weighted by molar-refractivity contribution is 0.143. The van der Waals surface area contributed by atoms with E-state index in [1.165, 1.54) is 4.31 Å². The zero-order valence-electron chi connectivity index (χ0n) is 6.43. The Balaban J connectivity index is 2.49. The van der Waals surface area contributed by atoms with E-state index in [4.69, 9.17) is 4.55 Å². The highest BCUT2D eigenvalue weighted by molar-refractivity contribution is 7.76. The van der Waals surface area contributed by atoms with Gasteiger partial charge in [-0.25, -0.2) is 4.21 Å². The van der Waals surface area contributed by atoms with E-state index < -0.39 is 17.4 Å². The molecule has 0 spiro atoms. The van der Waals surface area contributed by atoms with Gasteiger partial charge in [0.2, 0.25) is 11.3 Å². The minimum absolute atomic E-state index is 0.158. The zero-order chi connectivity index (χ0) is 8.43. The van der Waals surface area contributed by atoms with Gasteiger partial charge in [-0.05, 0) is 12.3 Å². The third kappa shape index (κ3) is 1.99. The molecule has 0 amide bonds. The number of β-amino-alcohol motifs (C(OH)–C–C–N with tert-alkyl or cyclic N) is 1. The van der Waals surface area contributed by atoms with E-state index in [0.717, 1.165) is 6.42 Å². The van der Waals surface area contributed by atoms with E-state index in [1.54, 1.807) is 0 Å². The molecule has 0 aromatic heterocycles. The quantitative estimate of drug-likeness (QED) is 0.578. The molecule has 1 aliphatic rings. The van der Waals surface area contributed by atoms with Crippen LogP contribution in [0.3, 0.4) is 0 Å². The van der Waals surface area contributed by atoms with Gasteiger partial charge in [0, 0.05) is 13.1 Å². The lowest BCUT2D eigenvalue weighted by Gasteiger charge is -2.08. The van der Waals surface area contributed by atoms with Gasteiger partial charge in [0.15, 0.2) is 0 Å². The van der Waals surface area contributed by atoms with Crippen LogP contribution in [0.15, 0.2) is 0 Å². The van der Waals surface area contributed by atoms with Gasteiger partial charge in [0.05, 0.1) is 6.10 Å². The Morgan fingerprint density at radius 2 is 2.27 bits per heavy atom. The molecule has 1 heterocycles. The van der Waals surface area contributed by atoms with Gasteiger partial charge in [-0.15, -0.1) is 0 Å². The van der Waals surface area contributed by atoms with Crippen molar-refractivity contribution >= 4 is 11.3 Å². The van der Waals surface area contributed by atoms with Crippen molar-refractivity contribution in [2.45, 2.75) is 19.4 Å². The van der Waals surface area contributed by atoms with E-state index >= 15 is 0 Å². The summed E-state index contributed by atoms with van der Waals surface area (Å²) in [6, 6.07) is 0. The van der Waals surface area contributed by atoms with Crippen LogP contribution in [0, 0.1) is 5.92 Å². The number of aliphatic hydroxyl groups excluding tert-OH is 1. The molecular weight excluding hydrogens is 166 g/mol. The molecule has 0 radical (unpaired) electrons. The van der Waals surface area contributed by atoms with Crippen molar-refractivity contribution in [3.05, 3.63) is 0 Å². The summed E-state index contributed by atoms with van der Waals surface area (Å²) in [5.41, 5.74) is 0. The van der Waals surface area contributed by atoms with Crippen LogP contribution in [-0.4, -0.2) is 37.4 Å². The highest BCUT2D eigenvalue weighted by Gasteiger charge is 2.32. The van der Waals surface area contributed by atoms with Crippen molar-refractivity contribution < 1.29 is 13.9 Å². The van der Waals surface area contributed by atoms with Crippen LogP contribution in [0.4, 0.5) is 0 Å². The molecule has 11 heavy (non-hydrogen) atoms. The first-order valence-corrected chi connectivity index (χ1v) is 4.75. The third-order valence-corrected chi connectivity index (χ3v) is 2.86. The molecule has 66 valence electrons. The van der Waals surface area contributed by atoms with Crippen LogP contribution in [0.2, 0.25) is 0 Å². The van der Waals surface area contributed by atoms with E-state index in [-0.39, 0.29) is 5.92 Å². The summed E-state index contributed by atoms with van der Waals surface area (Å²) in [5.74, 6) is 0.158. The highest BCUT2D eigenvalue weighted by atomic mass is 32.2. The molecule has 2 N–H and O–H groups in total. The Labute approximate surface area is 68.6 Å². The lowest BCUT2D eigenvalue weighted by atomic mass is 10.0. The summed E-state index contributed by atoms with van der Waals surface area (Å²) < 4.78 is 20.6. The summed E-state index contributed by atoms with van der Waals surface area (Å²) in [6.07, 6.45) is 0.422. The van der Waals surface area contributed by atoms with E-state index in [1.807, 2.05) is 6.92 Å². The molecule has 3 atom stereocenters. The van der Waals surface area contributed by atoms with Gasteiger partial charge >= 0.3 is 0 Å². The van der Waals surface area contributed by atoms with Gasteiger partial charge < -0.3 is 5.11 Å². The van der Waals surface area contributed by atoms with Gasteiger partial charge in [-0.3, -0.25) is 4.55 Å². The largest absolute Gasteiger partial charge is 0.391 e. The van der Waals surface area contributed by atoms with Crippen LogP contribution in [-0.2, 0) is 11.3 Å². The first kappa shape index (κ1) is 9.12. The molecule has 4 nitrogen and oxygen atoms in total. The van der Waals surface area contributed by atoms with Crippen molar-refractivity contribution in [3.63, 3.8) is 0 Å². The summed E-state index contributed by atoms with van der Waals surface area (Å²) in [6.45, 7) is 2.82. The fourth-order valence-electron chi connectivity index (χ4n) is 1.34. The van der Waals surface area contributed by atoms with E-state index in [2.05, 4.69) is 0 Å². The number of hydrogen-bond acceptors (Lipinski definition) is 2. The van der Waals surface area contributed by atoms with Gasteiger partial charge in [-0.1, -0.05) is 6.92 Å². The number of hydrogen-bond donors (Lipinski definition) is 2. The molecule has 5 heteroatoms. The Morgan fingerprint density at radius 1 is 1.64 bits per heavy atom. The zero-order valence-corrected chi connectivity index (χ0v) is 7.25. The number of nitrogens with zero attached hydrogens (tertiary/aromatic N) is 1. The second-order valence-electron chi connectivity index (χ2n) is 2.81. The SMILES string of the molecule is CCC1CN(S(=O)O)CC1O.